The Kier molecular flexibility index (Phi) is 4.45. The highest BCUT2D eigenvalue weighted by Gasteiger charge is 2.79. The van der Waals surface area contributed by atoms with Crippen LogP contribution in [0.1, 0.15) is 19.4 Å². The van der Waals surface area contributed by atoms with E-state index in [4.69, 9.17) is 38.1 Å². The molecule has 1 aromatic rings. The molecule has 2 heterocycles. The molecule has 2 saturated heterocycles. The minimum absolute atomic E-state index is 0.233. The van der Waals surface area contributed by atoms with Gasteiger partial charge in [0.15, 0.2) is 5.41 Å². The quantitative estimate of drug-likeness (QED) is 0.742. The lowest BCUT2D eigenvalue weighted by atomic mass is 9.54. The monoisotopic (exact) mass is 400 g/mol. The molecule has 0 amide bonds. The van der Waals surface area contributed by atoms with E-state index in [0.717, 1.165) is 0 Å². The first-order valence-corrected chi connectivity index (χ1v) is 8.83. The fourth-order valence-corrected chi connectivity index (χ4v) is 4.54. The third kappa shape index (κ3) is 2.11. The van der Waals surface area contributed by atoms with Gasteiger partial charge in [-0.3, -0.25) is 5.41 Å². The van der Waals surface area contributed by atoms with Gasteiger partial charge in [0.2, 0.25) is 17.1 Å². The number of benzene rings is 1. The fraction of sp³-hybridized carbons (Fsp3) is 0.368. The lowest BCUT2D eigenvalue weighted by Crippen LogP contribution is -2.60. The number of fused-ring (bicyclic) bond motifs is 2. The van der Waals surface area contributed by atoms with Gasteiger partial charge in [0.25, 0.3) is 0 Å². The smallest absolute Gasteiger partial charge is 0.245 e. The number of allylic oxidation sites excluding steroid dienone is 1. The van der Waals surface area contributed by atoms with Crippen LogP contribution in [0.4, 0.5) is 0 Å². The summed E-state index contributed by atoms with van der Waals surface area (Å²) in [5.74, 6) is -2.95. The van der Waals surface area contributed by atoms with Crippen molar-refractivity contribution in [1.82, 2.24) is 0 Å². The molecule has 3 rings (SSSR count). The highest BCUT2D eigenvalue weighted by atomic mass is 35.5. The number of halogens is 2. The van der Waals surface area contributed by atoms with Crippen molar-refractivity contribution in [3.05, 3.63) is 46.0 Å². The molecule has 2 bridgehead atoms. The van der Waals surface area contributed by atoms with Gasteiger partial charge in [-0.15, -0.1) is 0 Å². The maximum absolute atomic E-state index is 10.1. The summed E-state index contributed by atoms with van der Waals surface area (Å²) in [5.41, 5.74) is -3.41. The molecule has 6 nitrogen and oxygen atoms in total. The van der Waals surface area contributed by atoms with Gasteiger partial charge in [-0.2, -0.15) is 15.8 Å². The van der Waals surface area contributed by atoms with E-state index in [0.29, 0.717) is 10.6 Å². The Morgan fingerprint density at radius 2 is 1.85 bits per heavy atom. The van der Waals surface area contributed by atoms with Crippen molar-refractivity contribution in [3.8, 4) is 18.2 Å². The number of nitriles is 3. The van der Waals surface area contributed by atoms with Crippen LogP contribution in [-0.2, 0) is 15.3 Å². The number of nitrogens with one attached hydrogen (secondary N) is 1. The van der Waals surface area contributed by atoms with Gasteiger partial charge >= 0.3 is 0 Å². The summed E-state index contributed by atoms with van der Waals surface area (Å²) in [5, 5.41) is 38.9. The molecular weight excluding hydrogens is 387 g/mol. The molecule has 0 aliphatic carbocycles. The molecule has 4 unspecified atom stereocenters. The Balaban J connectivity index is 2.37. The first kappa shape index (κ1) is 19.2. The summed E-state index contributed by atoms with van der Waals surface area (Å²) >= 11 is 12.4. The molecule has 0 aromatic heterocycles. The van der Waals surface area contributed by atoms with E-state index in [1.54, 1.807) is 32.1 Å². The van der Waals surface area contributed by atoms with Gasteiger partial charge in [-0.25, -0.2) is 0 Å². The summed E-state index contributed by atoms with van der Waals surface area (Å²) < 4.78 is 11.9. The van der Waals surface area contributed by atoms with Crippen molar-refractivity contribution < 1.29 is 9.47 Å². The number of rotatable bonds is 2. The molecule has 0 radical (unpaired) electrons. The highest BCUT2D eigenvalue weighted by molar-refractivity contribution is 6.35. The van der Waals surface area contributed by atoms with E-state index in [-0.39, 0.29) is 5.02 Å². The molecule has 27 heavy (non-hydrogen) atoms. The zero-order valence-electron chi connectivity index (χ0n) is 14.5. The largest absolute Gasteiger partial charge is 0.443 e. The molecule has 0 saturated carbocycles. The third-order valence-corrected chi connectivity index (χ3v) is 5.93. The zero-order chi connectivity index (χ0) is 20.0. The highest BCUT2D eigenvalue weighted by Crippen LogP contribution is 2.66. The van der Waals surface area contributed by atoms with Gasteiger partial charge < -0.3 is 9.47 Å². The summed E-state index contributed by atoms with van der Waals surface area (Å²) in [4.78, 5) is 0. The molecule has 8 heteroatoms. The molecule has 1 N–H and O–H groups in total. The first-order valence-electron chi connectivity index (χ1n) is 8.07. The van der Waals surface area contributed by atoms with E-state index >= 15 is 0 Å². The Labute approximate surface area is 166 Å². The van der Waals surface area contributed by atoms with E-state index in [2.05, 4.69) is 0 Å². The molecule has 4 atom stereocenters. The zero-order valence-corrected chi connectivity index (χ0v) is 16.0. The second-order valence-corrected chi connectivity index (χ2v) is 7.30. The minimum Gasteiger partial charge on any atom is -0.443 e. The van der Waals surface area contributed by atoms with Crippen LogP contribution in [0.25, 0.3) is 0 Å². The SMILES string of the molecule is CC=CC1OC2(c3ccc(Cl)cc3Cl)OC(=N)C(C#N)(C2C)C1(C#N)C#N. The topological polar surface area (TPSA) is 114 Å². The standard InChI is InChI=1S/C19H14Cl2N4O2/c1-3-4-15-17(8-22,9-23)18(10-24)11(2)19(26-15,27-16(18)25)13-6-5-12(20)7-14(13)21/h3-7,11,15,25H,1-2H3. The summed E-state index contributed by atoms with van der Waals surface area (Å²) in [6.45, 7) is 3.32. The van der Waals surface area contributed by atoms with Crippen molar-refractivity contribution in [2.45, 2.75) is 25.7 Å². The average molecular weight is 401 g/mol. The van der Waals surface area contributed by atoms with E-state index in [9.17, 15) is 15.8 Å². The second-order valence-electron chi connectivity index (χ2n) is 6.46. The maximum atomic E-state index is 10.1. The third-order valence-electron chi connectivity index (χ3n) is 5.39. The van der Waals surface area contributed by atoms with Crippen LogP contribution >= 0.6 is 23.2 Å². The Morgan fingerprint density at radius 3 is 2.37 bits per heavy atom. The van der Waals surface area contributed by atoms with Crippen LogP contribution in [0, 0.1) is 56.2 Å². The van der Waals surface area contributed by atoms with Crippen LogP contribution in [0.2, 0.25) is 10.0 Å². The predicted molar refractivity (Wildman–Crippen MR) is 97.5 cm³/mol. The van der Waals surface area contributed by atoms with E-state index in [1.165, 1.54) is 12.1 Å². The number of nitrogens with zero attached hydrogens (tertiary/aromatic N) is 3. The first-order chi connectivity index (χ1) is 12.8. The lowest BCUT2D eigenvalue weighted by molar-refractivity contribution is -0.273. The van der Waals surface area contributed by atoms with Gasteiger partial charge in [-0.1, -0.05) is 42.3 Å². The van der Waals surface area contributed by atoms with Crippen molar-refractivity contribution in [1.29, 1.82) is 21.2 Å². The Bertz CT molecular complexity index is 973. The second kappa shape index (κ2) is 6.25. The molecule has 2 aliphatic rings. The summed E-state index contributed by atoms with van der Waals surface area (Å²) in [6, 6.07) is 10.6. The van der Waals surface area contributed by atoms with Gasteiger partial charge in [0, 0.05) is 10.6 Å². The van der Waals surface area contributed by atoms with Crippen LogP contribution in [0.15, 0.2) is 30.4 Å². The molecule has 136 valence electrons. The minimum atomic E-state index is -1.95. The van der Waals surface area contributed by atoms with Crippen LogP contribution in [0.3, 0.4) is 0 Å². The summed E-state index contributed by atoms with van der Waals surface area (Å²) in [6.07, 6.45) is 2.03. The van der Waals surface area contributed by atoms with Gasteiger partial charge in [0.05, 0.1) is 29.1 Å². The van der Waals surface area contributed by atoms with Crippen molar-refractivity contribution in [3.63, 3.8) is 0 Å². The molecule has 0 spiro atoms. The van der Waals surface area contributed by atoms with Gasteiger partial charge in [0.1, 0.15) is 6.10 Å². The van der Waals surface area contributed by atoms with E-state index < -0.39 is 34.5 Å². The number of hydrogen-bond donors (Lipinski definition) is 1. The van der Waals surface area contributed by atoms with Crippen molar-refractivity contribution in [2.24, 2.45) is 16.7 Å². The van der Waals surface area contributed by atoms with Gasteiger partial charge in [-0.05, 0) is 25.1 Å². The normalized spacial score (nSPS) is 33.7. The number of ether oxygens (including phenoxy) is 2. The fourth-order valence-electron chi connectivity index (χ4n) is 4.00. The molecule has 2 aliphatic heterocycles. The maximum Gasteiger partial charge on any atom is 0.245 e. The van der Waals surface area contributed by atoms with E-state index in [1.807, 2.05) is 18.2 Å². The Morgan fingerprint density at radius 1 is 1.19 bits per heavy atom. The lowest BCUT2D eigenvalue weighted by Gasteiger charge is -2.48. The van der Waals surface area contributed by atoms with Crippen LogP contribution in [0.5, 0.6) is 0 Å². The van der Waals surface area contributed by atoms with Crippen LogP contribution < -0.4 is 0 Å². The van der Waals surface area contributed by atoms with Crippen molar-refractivity contribution >= 4 is 29.1 Å². The predicted octanol–water partition coefficient (Wildman–Crippen LogP) is 4.31. The molecule has 2 fully saturated rings. The molecular formula is C19H14Cl2N4O2. The summed E-state index contributed by atoms with van der Waals surface area (Å²) in [7, 11) is 0. The average Bonchev–Trinajstić information content (AvgIpc) is 2.79. The Hall–Kier alpha value is -2.56. The van der Waals surface area contributed by atoms with Crippen LogP contribution in [-0.4, -0.2) is 12.0 Å². The number of hydrogen-bond acceptors (Lipinski definition) is 6. The molecule has 1 aromatic carbocycles. The van der Waals surface area contributed by atoms with Crippen molar-refractivity contribution in [2.75, 3.05) is 0 Å².